The molecular formula is C23H30N2O4. The summed E-state index contributed by atoms with van der Waals surface area (Å²) in [4.78, 5) is 14.5. The Morgan fingerprint density at radius 1 is 1.14 bits per heavy atom. The van der Waals surface area contributed by atoms with Crippen molar-refractivity contribution in [2.24, 2.45) is 0 Å². The summed E-state index contributed by atoms with van der Waals surface area (Å²) in [5.74, 6) is 1.33. The van der Waals surface area contributed by atoms with Gasteiger partial charge in [0, 0.05) is 26.7 Å². The Morgan fingerprint density at radius 3 is 2.55 bits per heavy atom. The molecule has 1 N–H and O–H groups in total. The van der Waals surface area contributed by atoms with Crippen LogP contribution in [0.3, 0.4) is 0 Å². The number of nitrogens with zero attached hydrogens (tertiary/aromatic N) is 1. The molecule has 3 rings (SSSR count). The molecule has 2 aromatic carbocycles. The highest BCUT2D eigenvalue weighted by atomic mass is 16.5. The van der Waals surface area contributed by atoms with Gasteiger partial charge in [-0.05, 0) is 47.7 Å². The van der Waals surface area contributed by atoms with Crippen LogP contribution in [0.4, 0.5) is 0 Å². The highest BCUT2D eigenvalue weighted by Gasteiger charge is 2.29. The first kappa shape index (κ1) is 21.1. The van der Waals surface area contributed by atoms with Crippen molar-refractivity contribution in [1.82, 2.24) is 10.2 Å². The molecule has 6 heteroatoms. The van der Waals surface area contributed by atoms with E-state index in [0.717, 1.165) is 25.3 Å². The normalized spacial score (nSPS) is 16.2. The van der Waals surface area contributed by atoms with Crippen LogP contribution in [0.2, 0.25) is 0 Å². The Hall–Kier alpha value is -2.57. The second-order valence-corrected chi connectivity index (χ2v) is 7.31. The second-order valence-electron chi connectivity index (χ2n) is 7.31. The van der Waals surface area contributed by atoms with Crippen molar-refractivity contribution in [2.45, 2.75) is 25.9 Å². The molecular weight excluding hydrogens is 368 g/mol. The van der Waals surface area contributed by atoms with Gasteiger partial charge in [0.05, 0.1) is 20.3 Å². The lowest BCUT2D eigenvalue weighted by molar-refractivity contribution is -0.125. The van der Waals surface area contributed by atoms with Gasteiger partial charge in [0.1, 0.15) is 6.61 Å². The van der Waals surface area contributed by atoms with Crippen molar-refractivity contribution < 1.29 is 19.0 Å². The number of aryl methyl sites for hydroxylation is 1. The first-order chi connectivity index (χ1) is 14.1. The van der Waals surface area contributed by atoms with Crippen molar-refractivity contribution >= 4 is 5.91 Å². The number of benzene rings is 2. The maximum absolute atomic E-state index is 12.0. The van der Waals surface area contributed by atoms with E-state index in [1.165, 1.54) is 29.4 Å². The van der Waals surface area contributed by atoms with Crippen molar-refractivity contribution in [3.8, 4) is 11.5 Å². The molecule has 1 aliphatic heterocycles. The van der Waals surface area contributed by atoms with Gasteiger partial charge in [-0.2, -0.15) is 0 Å². The van der Waals surface area contributed by atoms with Gasteiger partial charge in [-0.3, -0.25) is 9.69 Å². The third-order valence-electron chi connectivity index (χ3n) is 5.52. The molecule has 1 heterocycles. The average Bonchev–Trinajstić information content (AvgIpc) is 2.73. The monoisotopic (exact) mass is 398 g/mol. The van der Waals surface area contributed by atoms with Gasteiger partial charge in [-0.1, -0.05) is 24.3 Å². The summed E-state index contributed by atoms with van der Waals surface area (Å²) < 4.78 is 16.0. The molecule has 0 unspecified atom stereocenters. The molecule has 0 spiro atoms. The minimum absolute atomic E-state index is 0.0407. The van der Waals surface area contributed by atoms with E-state index in [4.69, 9.17) is 14.2 Å². The van der Waals surface area contributed by atoms with Crippen molar-refractivity contribution in [3.05, 3.63) is 58.7 Å². The van der Waals surface area contributed by atoms with Crippen LogP contribution in [0.1, 0.15) is 28.3 Å². The van der Waals surface area contributed by atoms with Gasteiger partial charge in [0.25, 0.3) is 0 Å². The summed E-state index contributed by atoms with van der Waals surface area (Å²) in [5, 5.41) is 3.01. The maximum Gasteiger partial charge on any atom is 0.246 e. The summed E-state index contributed by atoms with van der Waals surface area (Å²) in [6.45, 7) is 4.43. The lowest BCUT2D eigenvalue weighted by Crippen LogP contribution is -2.42. The topological polar surface area (TPSA) is 60.0 Å². The quantitative estimate of drug-likeness (QED) is 0.741. The molecule has 0 saturated heterocycles. The Kier molecular flexibility index (Phi) is 7.12. The van der Waals surface area contributed by atoms with Gasteiger partial charge >= 0.3 is 0 Å². The summed E-state index contributed by atoms with van der Waals surface area (Å²) in [6.07, 6.45) is 0.921. The fourth-order valence-electron chi connectivity index (χ4n) is 3.91. The van der Waals surface area contributed by atoms with Crippen LogP contribution in [-0.4, -0.2) is 51.8 Å². The molecule has 29 heavy (non-hydrogen) atoms. The SMILES string of the molecule is COCC(=O)NC[C@@H]1c2cc(OC)c(OC)cc2CCN1Cc1ccccc1C. The van der Waals surface area contributed by atoms with E-state index >= 15 is 0 Å². The number of carbonyl (C=O) groups is 1. The number of methoxy groups -OCH3 is 3. The van der Waals surface area contributed by atoms with E-state index in [2.05, 4.69) is 47.5 Å². The van der Waals surface area contributed by atoms with E-state index in [1.54, 1.807) is 14.2 Å². The van der Waals surface area contributed by atoms with Crippen LogP contribution < -0.4 is 14.8 Å². The first-order valence-electron chi connectivity index (χ1n) is 9.86. The molecule has 156 valence electrons. The molecule has 6 nitrogen and oxygen atoms in total. The van der Waals surface area contributed by atoms with Crippen LogP contribution >= 0.6 is 0 Å². The van der Waals surface area contributed by atoms with Crippen LogP contribution in [0.25, 0.3) is 0 Å². The Labute approximate surface area is 172 Å². The van der Waals surface area contributed by atoms with E-state index in [1.807, 2.05) is 6.07 Å². The fraction of sp³-hybridized carbons (Fsp3) is 0.435. The van der Waals surface area contributed by atoms with Gasteiger partial charge in [-0.25, -0.2) is 0 Å². The molecule has 1 aliphatic rings. The number of hydrogen-bond acceptors (Lipinski definition) is 5. The Morgan fingerprint density at radius 2 is 1.86 bits per heavy atom. The van der Waals surface area contributed by atoms with Crippen molar-refractivity contribution in [2.75, 3.05) is 41.0 Å². The minimum Gasteiger partial charge on any atom is -0.493 e. The van der Waals surface area contributed by atoms with Gasteiger partial charge in [0.2, 0.25) is 5.91 Å². The van der Waals surface area contributed by atoms with Gasteiger partial charge in [0.15, 0.2) is 11.5 Å². The summed E-state index contributed by atoms with van der Waals surface area (Å²) in [6, 6.07) is 12.6. The molecule has 1 atom stereocenters. The standard InChI is InChI=1S/C23H30N2O4/c1-16-7-5-6-8-18(16)14-25-10-9-17-11-21(28-3)22(29-4)12-19(17)20(25)13-24-23(26)15-27-2/h5-8,11-12,20H,9-10,13-15H2,1-4H3,(H,24,26)/t20-/m1/s1. The van der Waals surface area contributed by atoms with E-state index in [0.29, 0.717) is 12.3 Å². The summed E-state index contributed by atoms with van der Waals surface area (Å²) in [5.41, 5.74) is 4.97. The molecule has 1 amide bonds. The number of amides is 1. The third kappa shape index (κ3) is 4.89. The molecule has 0 fully saturated rings. The third-order valence-corrected chi connectivity index (χ3v) is 5.52. The van der Waals surface area contributed by atoms with E-state index < -0.39 is 0 Å². The highest BCUT2D eigenvalue weighted by molar-refractivity contribution is 5.77. The smallest absolute Gasteiger partial charge is 0.246 e. The Bertz CT molecular complexity index is 853. The fourth-order valence-corrected chi connectivity index (χ4v) is 3.91. The molecule has 0 radical (unpaired) electrons. The lowest BCUT2D eigenvalue weighted by atomic mass is 9.91. The molecule has 0 bridgehead atoms. The second kappa shape index (κ2) is 9.76. The minimum atomic E-state index is -0.115. The van der Waals surface area contributed by atoms with Crippen molar-refractivity contribution in [3.63, 3.8) is 0 Å². The zero-order valence-corrected chi connectivity index (χ0v) is 17.7. The van der Waals surface area contributed by atoms with Crippen LogP contribution in [0.15, 0.2) is 36.4 Å². The number of ether oxygens (including phenoxy) is 3. The van der Waals surface area contributed by atoms with Crippen LogP contribution in [-0.2, 0) is 22.5 Å². The van der Waals surface area contributed by atoms with Crippen molar-refractivity contribution in [1.29, 1.82) is 0 Å². The molecule has 2 aromatic rings. The largest absolute Gasteiger partial charge is 0.493 e. The average molecular weight is 399 g/mol. The maximum atomic E-state index is 12.0. The zero-order chi connectivity index (χ0) is 20.8. The number of carbonyl (C=O) groups excluding carboxylic acids is 1. The van der Waals surface area contributed by atoms with E-state index in [-0.39, 0.29) is 18.6 Å². The highest BCUT2D eigenvalue weighted by Crippen LogP contribution is 2.38. The lowest BCUT2D eigenvalue weighted by Gasteiger charge is -2.38. The predicted octanol–water partition coefficient (Wildman–Crippen LogP) is 2.87. The zero-order valence-electron chi connectivity index (χ0n) is 17.7. The number of hydrogen-bond donors (Lipinski definition) is 1. The molecule has 0 aromatic heterocycles. The number of nitrogens with one attached hydrogen (secondary N) is 1. The van der Waals surface area contributed by atoms with Crippen LogP contribution in [0.5, 0.6) is 11.5 Å². The molecule has 0 aliphatic carbocycles. The number of fused-ring (bicyclic) bond motifs is 1. The molecule has 0 saturated carbocycles. The Balaban J connectivity index is 1.92. The van der Waals surface area contributed by atoms with Gasteiger partial charge < -0.3 is 19.5 Å². The van der Waals surface area contributed by atoms with E-state index in [9.17, 15) is 4.79 Å². The summed E-state index contributed by atoms with van der Waals surface area (Å²) in [7, 11) is 4.82. The predicted molar refractivity (Wildman–Crippen MR) is 112 cm³/mol. The first-order valence-corrected chi connectivity index (χ1v) is 9.86. The van der Waals surface area contributed by atoms with Gasteiger partial charge in [-0.15, -0.1) is 0 Å². The summed E-state index contributed by atoms with van der Waals surface area (Å²) >= 11 is 0. The number of rotatable bonds is 8. The van der Waals surface area contributed by atoms with Crippen LogP contribution in [0, 0.1) is 6.92 Å².